The second-order valence-corrected chi connectivity index (χ2v) is 8.37. The average Bonchev–Trinajstić information content (AvgIpc) is 2.78. The van der Waals surface area contributed by atoms with E-state index in [9.17, 15) is 0 Å². The van der Waals surface area contributed by atoms with Gasteiger partial charge in [0.1, 0.15) is 0 Å². The van der Waals surface area contributed by atoms with E-state index in [2.05, 4.69) is 115 Å². The van der Waals surface area contributed by atoms with Crippen LogP contribution < -0.4 is 0 Å². The molecule has 0 bridgehead atoms. The highest BCUT2D eigenvalue weighted by atomic mass is 15.3. The number of hydrogen-bond donors (Lipinski definition) is 0. The van der Waals surface area contributed by atoms with E-state index in [1.165, 1.54) is 27.8 Å². The Kier molecular flexibility index (Phi) is 6.78. The smallest absolute Gasteiger partial charge is 0.0602 e. The molecule has 2 heteroatoms. The first-order chi connectivity index (χ1) is 14.7. The van der Waals surface area contributed by atoms with Crippen LogP contribution in [0.15, 0.2) is 84.9 Å². The molecule has 1 heterocycles. The second-order valence-electron chi connectivity index (χ2n) is 8.37. The van der Waals surface area contributed by atoms with Crippen molar-refractivity contribution in [2.45, 2.75) is 19.9 Å². The molecule has 3 aromatic rings. The highest BCUT2D eigenvalue weighted by Crippen LogP contribution is 2.30. The van der Waals surface area contributed by atoms with Crippen LogP contribution >= 0.6 is 0 Å². The molecule has 154 valence electrons. The van der Waals surface area contributed by atoms with Crippen LogP contribution in [0.25, 0.3) is 6.08 Å². The van der Waals surface area contributed by atoms with Gasteiger partial charge in [-0.3, -0.25) is 9.80 Å². The summed E-state index contributed by atoms with van der Waals surface area (Å²) < 4.78 is 0. The van der Waals surface area contributed by atoms with Gasteiger partial charge in [-0.25, -0.2) is 0 Å². The van der Waals surface area contributed by atoms with E-state index in [4.69, 9.17) is 0 Å². The van der Waals surface area contributed by atoms with Crippen LogP contribution in [0, 0.1) is 13.8 Å². The predicted octanol–water partition coefficient (Wildman–Crippen LogP) is 5.72. The van der Waals surface area contributed by atoms with Gasteiger partial charge in [0.15, 0.2) is 0 Å². The standard InChI is InChI=1S/C28H32N2/c1-23-10-14-26(15-11-23)28(27-16-12-24(2)13-17-27)30-21-19-29(20-22-30)18-6-9-25-7-4-3-5-8-25/h3-17,28H,18-22H2,1-2H3/b9-6+. The molecule has 0 spiro atoms. The molecule has 0 N–H and O–H groups in total. The minimum absolute atomic E-state index is 0.327. The van der Waals surface area contributed by atoms with Gasteiger partial charge in [0.2, 0.25) is 0 Å². The molecule has 2 nitrogen and oxygen atoms in total. The van der Waals surface area contributed by atoms with E-state index < -0.39 is 0 Å². The molecule has 0 unspecified atom stereocenters. The quantitative estimate of drug-likeness (QED) is 0.525. The van der Waals surface area contributed by atoms with E-state index in [1.807, 2.05) is 0 Å². The summed E-state index contributed by atoms with van der Waals surface area (Å²) in [5.41, 5.74) is 6.69. The van der Waals surface area contributed by atoms with E-state index in [-0.39, 0.29) is 0 Å². The normalized spacial score (nSPS) is 15.8. The first-order valence-electron chi connectivity index (χ1n) is 11.0. The highest BCUT2D eigenvalue weighted by molar-refractivity contribution is 5.48. The first-order valence-corrected chi connectivity index (χ1v) is 11.0. The van der Waals surface area contributed by atoms with Gasteiger partial charge in [-0.2, -0.15) is 0 Å². The van der Waals surface area contributed by atoms with Crippen LogP contribution in [-0.4, -0.2) is 42.5 Å². The van der Waals surface area contributed by atoms with Gasteiger partial charge in [-0.05, 0) is 30.5 Å². The second kappa shape index (κ2) is 9.88. The molecule has 0 saturated carbocycles. The number of piperazine rings is 1. The summed E-state index contributed by atoms with van der Waals surface area (Å²) in [6.07, 6.45) is 4.52. The fourth-order valence-electron chi connectivity index (χ4n) is 4.22. The van der Waals surface area contributed by atoms with Crippen LogP contribution in [0.3, 0.4) is 0 Å². The fraction of sp³-hybridized carbons (Fsp3) is 0.286. The summed E-state index contributed by atoms with van der Waals surface area (Å²) >= 11 is 0. The Hall–Kier alpha value is -2.68. The largest absolute Gasteiger partial charge is 0.297 e. The Labute approximate surface area is 181 Å². The fourth-order valence-corrected chi connectivity index (χ4v) is 4.22. The summed E-state index contributed by atoms with van der Waals surface area (Å²) in [6.45, 7) is 9.72. The zero-order valence-electron chi connectivity index (χ0n) is 18.2. The SMILES string of the molecule is Cc1ccc(C(c2ccc(C)cc2)N2CCN(C/C=C/c3ccccc3)CC2)cc1. The Bertz CT molecular complexity index is 889. The summed E-state index contributed by atoms with van der Waals surface area (Å²) in [4.78, 5) is 5.20. The molecule has 1 fully saturated rings. The number of aryl methyl sites for hydroxylation is 2. The molecule has 0 atom stereocenters. The van der Waals surface area contributed by atoms with Crippen LogP contribution in [0.1, 0.15) is 33.9 Å². The zero-order valence-corrected chi connectivity index (χ0v) is 18.2. The molecule has 0 amide bonds. The minimum atomic E-state index is 0.327. The van der Waals surface area contributed by atoms with Crippen molar-refractivity contribution in [3.63, 3.8) is 0 Å². The van der Waals surface area contributed by atoms with E-state index >= 15 is 0 Å². The van der Waals surface area contributed by atoms with E-state index in [0.29, 0.717) is 6.04 Å². The third kappa shape index (κ3) is 5.27. The number of benzene rings is 3. The summed E-state index contributed by atoms with van der Waals surface area (Å²) in [6, 6.07) is 29.0. The molecule has 1 aliphatic rings. The van der Waals surface area contributed by atoms with Crippen molar-refractivity contribution in [3.05, 3.63) is 113 Å². The molecule has 0 aliphatic carbocycles. The molecule has 0 aromatic heterocycles. The lowest BCUT2D eigenvalue weighted by atomic mass is 9.95. The van der Waals surface area contributed by atoms with Crippen molar-refractivity contribution < 1.29 is 0 Å². The number of nitrogens with zero attached hydrogens (tertiary/aromatic N) is 2. The Morgan fingerprint density at radius 3 is 1.77 bits per heavy atom. The Balaban J connectivity index is 1.43. The van der Waals surface area contributed by atoms with Crippen molar-refractivity contribution in [1.82, 2.24) is 9.80 Å². The van der Waals surface area contributed by atoms with Crippen molar-refractivity contribution in [2.24, 2.45) is 0 Å². The monoisotopic (exact) mass is 396 g/mol. The van der Waals surface area contributed by atoms with E-state index in [1.54, 1.807) is 0 Å². The van der Waals surface area contributed by atoms with Crippen molar-refractivity contribution in [3.8, 4) is 0 Å². The maximum atomic E-state index is 2.65. The minimum Gasteiger partial charge on any atom is -0.297 e. The Morgan fingerprint density at radius 2 is 1.23 bits per heavy atom. The van der Waals surface area contributed by atoms with Gasteiger partial charge in [0.05, 0.1) is 6.04 Å². The van der Waals surface area contributed by atoms with Gasteiger partial charge in [-0.1, -0.05) is 102 Å². The Morgan fingerprint density at radius 1 is 0.700 bits per heavy atom. The molecule has 3 aromatic carbocycles. The molecule has 1 saturated heterocycles. The van der Waals surface area contributed by atoms with Crippen LogP contribution in [0.5, 0.6) is 0 Å². The predicted molar refractivity (Wildman–Crippen MR) is 128 cm³/mol. The van der Waals surface area contributed by atoms with Gasteiger partial charge in [0, 0.05) is 32.7 Å². The number of hydrogen-bond acceptors (Lipinski definition) is 2. The number of rotatable bonds is 6. The molecule has 4 rings (SSSR count). The maximum Gasteiger partial charge on any atom is 0.0602 e. The lowest BCUT2D eigenvalue weighted by Gasteiger charge is -2.39. The third-order valence-corrected chi connectivity index (χ3v) is 6.03. The van der Waals surface area contributed by atoms with Crippen molar-refractivity contribution in [2.75, 3.05) is 32.7 Å². The summed E-state index contributed by atoms with van der Waals surface area (Å²) in [7, 11) is 0. The zero-order chi connectivity index (χ0) is 20.8. The molecule has 30 heavy (non-hydrogen) atoms. The first kappa shape index (κ1) is 20.6. The maximum absolute atomic E-state index is 2.65. The van der Waals surface area contributed by atoms with Gasteiger partial charge >= 0.3 is 0 Å². The highest BCUT2D eigenvalue weighted by Gasteiger charge is 2.26. The lowest BCUT2D eigenvalue weighted by Crippen LogP contribution is -2.47. The van der Waals surface area contributed by atoms with Crippen LogP contribution in [0.4, 0.5) is 0 Å². The van der Waals surface area contributed by atoms with Gasteiger partial charge < -0.3 is 0 Å². The molecular formula is C28H32N2. The molecule has 0 radical (unpaired) electrons. The van der Waals surface area contributed by atoms with E-state index in [0.717, 1.165) is 32.7 Å². The lowest BCUT2D eigenvalue weighted by molar-refractivity contribution is 0.118. The van der Waals surface area contributed by atoms with Gasteiger partial charge in [-0.15, -0.1) is 0 Å². The van der Waals surface area contributed by atoms with Gasteiger partial charge in [0.25, 0.3) is 0 Å². The molecular weight excluding hydrogens is 364 g/mol. The molecule has 1 aliphatic heterocycles. The third-order valence-electron chi connectivity index (χ3n) is 6.03. The van der Waals surface area contributed by atoms with Crippen molar-refractivity contribution in [1.29, 1.82) is 0 Å². The summed E-state index contributed by atoms with van der Waals surface area (Å²) in [5.74, 6) is 0. The van der Waals surface area contributed by atoms with Crippen LogP contribution in [-0.2, 0) is 0 Å². The van der Waals surface area contributed by atoms with Crippen molar-refractivity contribution >= 4 is 6.08 Å². The van der Waals surface area contributed by atoms with Crippen LogP contribution in [0.2, 0.25) is 0 Å². The average molecular weight is 397 g/mol. The topological polar surface area (TPSA) is 6.48 Å². The summed E-state index contributed by atoms with van der Waals surface area (Å²) in [5, 5.41) is 0.